The second-order valence-corrected chi connectivity index (χ2v) is 5.81. The summed E-state index contributed by atoms with van der Waals surface area (Å²) in [6.07, 6.45) is 5.10. The zero-order chi connectivity index (χ0) is 16.2. The number of carbonyl (C=O) groups excluding carboxylic acids is 1. The lowest BCUT2D eigenvalue weighted by Crippen LogP contribution is -2.27. The Bertz CT molecular complexity index is 796. The predicted molar refractivity (Wildman–Crippen MR) is 91.3 cm³/mol. The fourth-order valence-electron chi connectivity index (χ4n) is 2.90. The number of benzene rings is 1. The summed E-state index contributed by atoms with van der Waals surface area (Å²) in [5.41, 5.74) is 3.43. The number of hydrogen-bond acceptors (Lipinski definition) is 2. The summed E-state index contributed by atoms with van der Waals surface area (Å²) in [6.45, 7) is 5.39. The van der Waals surface area contributed by atoms with Crippen LogP contribution >= 0.6 is 0 Å². The zero-order valence-corrected chi connectivity index (χ0v) is 13.6. The molecule has 2 aromatic heterocycles. The second-order valence-electron chi connectivity index (χ2n) is 5.81. The molecule has 5 nitrogen and oxygen atoms in total. The molecule has 0 atom stereocenters. The Morgan fingerprint density at radius 3 is 2.91 bits per heavy atom. The molecule has 0 bridgehead atoms. The van der Waals surface area contributed by atoms with Crippen LogP contribution in [0.25, 0.3) is 10.9 Å². The minimum absolute atomic E-state index is 0.0886. The molecule has 0 aliphatic rings. The van der Waals surface area contributed by atoms with Crippen LogP contribution in [0.5, 0.6) is 0 Å². The van der Waals surface area contributed by atoms with Crippen LogP contribution in [-0.4, -0.2) is 27.0 Å². The maximum atomic E-state index is 12.0. The highest BCUT2D eigenvalue weighted by Crippen LogP contribution is 2.18. The Labute approximate surface area is 135 Å². The molecule has 0 radical (unpaired) electrons. The van der Waals surface area contributed by atoms with Crippen molar-refractivity contribution < 1.29 is 4.79 Å². The number of imidazole rings is 1. The van der Waals surface area contributed by atoms with Gasteiger partial charge in [-0.15, -0.1) is 0 Å². The van der Waals surface area contributed by atoms with E-state index in [1.54, 1.807) is 0 Å². The van der Waals surface area contributed by atoms with Crippen LogP contribution in [0.1, 0.15) is 23.5 Å². The van der Waals surface area contributed by atoms with E-state index in [2.05, 4.69) is 32.0 Å². The number of fused-ring (bicyclic) bond motifs is 1. The van der Waals surface area contributed by atoms with Crippen LogP contribution in [0.4, 0.5) is 0 Å². The molecule has 2 heterocycles. The first-order chi connectivity index (χ1) is 11.1. The van der Waals surface area contributed by atoms with Gasteiger partial charge in [0.25, 0.3) is 0 Å². The smallest absolute Gasteiger partial charge is 0.220 e. The first-order valence-electron chi connectivity index (χ1n) is 7.95. The SMILES string of the molecule is Cc1cnc(C)n1CCNC(=O)CCc1c[nH]c2ccccc12. The number of hydrogen-bond donors (Lipinski definition) is 2. The van der Waals surface area contributed by atoms with Gasteiger partial charge in [-0.1, -0.05) is 18.2 Å². The molecule has 120 valence electrons. The van der Waals surface area contributed by atoms with E-state index in [1.165, 1.54) is 10.9 Å². The topological polar surface area (TPSA) is 62.7 Å². The van der Waals surface area contributed by atoms with Crippen molar-refractivity contribution in [3.63, 3.8) is 0 Å². The Morgan fingerprint density at radius 2 is 2.13 bits per heavy atom. The molecule has 0 saturated carbocycles. The van der Waals surface area contributed by atoms with E-state index >= 15 is 0 Å². The molecule has 3 rings (SSSR count). The molecule has 0 aliphatic heterocycles. The molecule has 0 unspecified atom stereocenters. The lowest BCUT2D eigenvalue weighted by molar-refractivity contribution is -0.121. The van der Waals surface area contributed by atoms with Crippen LogP contribution in [-0.2, 0) is 17.8 Å². The molecular weight excluding hydrogens is 288 g/mol. The number of aryl methyl sites for hydroxylation is 3. The number of aromatic amines is 1. The van der Waals surface area contributed by atoms with Gasteiger partial charge in [-0.25, -0.2) is 4.98 Å². The molecular formula is C18H22N4O. The Kier molecular flexibility index (Phi) is 4.46. The first kappa shape index (κ1) is 15.3. The van der Waals surface area contributed by atoms with E-state index in [-0.39, 0.29) is 5.91 Å². The van der Waals surface area contributed by atoms with Gasteiger partial charge in [-0.3, -0.25) is 4.79 Å². The zero-order valence-electron chi connectivity index (χ0n) is 13.6. The Hall–Kier alpha value is -2.56. The summed E-state index contributed by atoms with van der Waals surface area (Å²) < 4.78 is 2.11. The van der Waals surface area contributed by atoms with E-state index in [0.29, 0.717) is 13.0 Å². The lowest BCUT2D eigenvalue weighted by atomic mass is 10.1. The number of rotatable bonds is 6. The molecule has 0 fully saturated rings. The number of amides is 1. The third kappa shape index (κ3) is 3.44. The van der Waals surface area contributed by atoms with Crippen LogP contribution in [0.15, 0.2) is 36.7 Å². The number of carbonyl (C=O) groups is 1. The summed E-state index contributed by atoms with van der Waals surface area (Å²) >= 11 is 0. The highest BCUT2D eigenvalue weighted by molar-refractivity contribution is 5.84. The molecule has 1 aromatic carbocycles. The van der Waals surface area contributed by atoms with E-state index in [1.807, 2.05) is 38.4 Å². The van der Waals surface area contributed by atoms with Crippen molar-refractivity contribution in [2.45, 2.75) is 33.2 Å². The fourth-order valence-corrected chi connectivity index (χ4v) is 2.90. The van der Waals surface area contributed by atoms with E-state index < -0.39 is 0 Å². The van der Waals surface area contributed by atoms with Gasteiger partial charge in [0.05, 0.1) is 0 Å². The van der Waals surface area contributed by atoms with Crippen LogP contribution in [0, 0.1) is 13.8 Å². The third-order valence-corrected chi connectivity index (χ3v) is 4.21. The molecule has 5 heteroatoms. The van der Waals surface area contributed by atoms with Crippen LogP contribution in [0.3, 0.4) is 0 Å². The summed E-state index contributed by atoms with van der Waals surface area (Å²) in [6, 6.07) is 8.17. The molecule has 3 aromatic rings. The fraction of sp³-hybridized carbons (Fsp3) is 0.333. The van der Waals surface area contributed by atoms with Gasteiger partial charge in [0.2, 0.25) is 5.91 Å². The highest BCUT2D eigenvalue weighted by atomic mass is 16.1. The molecule has 0 aliphatic carbocycles. The van der Waals surface area contributed by atoms with Gasteiger partial charge in [0, 0.05) is 48.5 Å². The van der Waals surface area contributed by atoms with Gasteiger partial charge in [-0.2, -0.15) is 0 Å². The Morgan fingerprint density at radius 1 is 1.30 bits per heavy atom. The summed E-state index contributed by atoms with van der Waals surface area (Å²) in [7, 11) is 0. The largest absolute Gasteiger partial charge is 0.361 e. The normalized spacial score (nSPS) is 11.0. The van der Waals surface area contributed by atoms with Gasteiger partial charge in [-0.05, 0) is 31.9 Å². The molecule has 0 spiro atoms. The van der Waals surface area contributed by atoms with Crippen molar-refractivity contribution in [2.24, 2.45) is 0 Å². The number of para-hydroxylation sites is 1. The second kappa shape index (κ2) is 6.69. The van der Waals surface area contributed by atoms with E-state index in [4.69, 9.17) is 0 Å². The van der Waals surface area contributed by atoms with Crippen molar-refractivity contribution in [1.82, 2.24) is 19.9 Å². The minimum atomic E-state index is 0.0886. The summed E-state index contributed by atoms with van der Waals surface area (Å²) in [5.74, 6) is 1.07. The first-order valence-corrected chi connectivity index (χ1v) is 7.95. The maximum absolute atomic E-state index is 12.0. The van der Waals surface area contributed by atoms with E-state index in [0.717, 1.165) is 30.0 Å². The third-order valence-electron chi connectivity index (χ3n) is 4.21. The van der Waals surface area contributed by atoms with Crippen LogP contribution in [0.2, 0.25) is 0 Å². The standard InChI is InChI=1S/C18H22N4O/c1-13-11-20-14(2)22(13)10-9-19-18(23)8-7-15-12-21-17-6-4-3-5-16(15)17/h3-6,11-12,21H,7-10H2,1-2H3,(H,19,23). The maximum Gasteiger partial charge on any atom is 0.220 e. The number of nitrogens with zero attached hydrogens (tertiary/aromatic N) is 2. The van der Waals surface area contributed by atoms with Crippen molar-refractivity contribution >= 4 is 16.8 Å². The average molecular weight is 310 g/mol. The summed E-state index contributed by atoms with van der Waals surface area (Å²) in [5, 5.41) is 4.19. The van der Waals surface area contributed by atoms with Gasteiger partial charge >= 0.3 is 0 Å². The number of nitrogens with one attached hydrogen (secondary N) is 2. The monoisotopic (exact) mass is 310 g/mol. The Balaban J connectivity index is 1.48. The van der Waals surface area contributed by atoms with Crippen molar-refractivity contribution in [2.75, 3.05) is 6.54 Å². The number of H-pyrrole nitrogens is 1. The van der Waals surface area contributed by atoms with Gasteiger partial charge in [0.1, 0.15) is 5.82 Å². The minimum Gasteiger partial charge on any atom is -0.361 e. The van der Waals surface area contributed by atoms with Crippen molar-refractivity contribution in [3.8, 4) is 0 Å². The average Bonchev–Trinajstić information content (AvgIpc) is 3.11. The number of aromatic nitrogens is 3. The molecule has 1 amide bonds. The van der Waals surface area contributed by atoms with Crippen molar-refractivity contribution in [1.29, 1.82) is 0 Å². The molecule has 2 N–H and O–H groups in total. The van der Waals surface area contributed by atoms with Gasteiger partial charge < -0.3 is 14.9 Å². The predicted octanol–water partition coefficient (Wildman–Crippen LogP) is 2.73. The molecule has 0 saturated heterocycles. The van der Waals surface area contributed by atoms with Crippen molar-refractivity contribution in [3.05, 3.63) is 53.7 Å². The quantitative estimate of drug-likeness (QED) is 0.735. The highest BCUT2D eigenvalue weighted by Gasteiger charge is 2.07. The lowest BCUT2D eigenvalue weighted by Gasteiger charge is -2.09. The van der Waals surface area contributed by atoms with Gasteiger partial charge in [0.15, 0.2) is 0 Å². The summed E-state index contributed by atoms with van der Waals surface area (Å²) in [4.78, 5) is 19.5. The van der Waals surface area contributed by atoms with E-state index in [9.17, 15) is 4.79 Å². The van der Waals surface area contributed by atoms with Crippen LogP contribution < -0.4 is 5.32 Å². The molecule has 23 heavy (non-hydrogen) atoms.